The zero-order valence-electron chi connectivity index (χ0n) is 27.4. The second-order valence-electron chi connectivity index (χ2n) is 12.4. The number of carbonyl (C=O) groups is 3. The highest BCUT2D eigenvalue weighted by Gasteiger charge is 2.33. The van der Waals surface area contributed by atoms with Gasteiger partial charge in [0, 0.05) is 59.9 Å². The third-order valence-electron chi connectivity index (χ3n) is 8.40. The lowest BCUT2D eigenvalue weighted by molar-refractivity contribution is -0.118. The Kier molecular flexibility index (Phi) is 11.5. The van der Waals surface area contributed by atoms with Crippen molar-refractivity contribution in [1.29, 1.82) is 0 Å². The molecule has 0 bridgehead atoms. The van der Waals surface area contributed by atoms with Crippen LogP contribution in [0.3, 0.4) is 0 Å². The van der Waals surface area contributed by atoms with Crippen molar-refractivity contribution in [3.05, 3.63) is 100 Å². The normalized spacial score (nSPS) is 14.3. The van der Waals surface area contributed by atoms with Gasteiger partial charge in [-0.2, -0.15) is 0 Å². The smallest absolute Gasteiger partial charge is 0.262 e. The molecule has 1 aromatic heterocycles. The number of hydrogen-bond acceptors (Lipinski definition) is 9. The van der Waals surface area contributed by atoms with Gasteiger partial charge in [0.05, 0.1) is 23.5 Å². The molecule has 4 aromatic rings. The average Bonchev–Trinajstić information content (AvgIpc) is 3.83. The number of ether oxygens (including phenoxy) is 2. The molecule has 3 aromatic carbocycles. The van der Waals surface area contributed by atoms with E-state index in [0.29, 0.717) is 47.2 Å². The van der Waals surface area contributed by atoms with E-state index in [1.807, 2.05) is 52.2 Å². The van der Waals surface area contributed by atoms with Crippen LogP contribution >= 0.6 is 11.3 Å². The Labute approximate surface area is 290 Å². The Morgan fingerprint density at radius 3 is 2.69 bits per heavy atom. The first kappa shape index (κ1) is 34.1. The van der Waals surface area contributed by atoms with Crippen LogP contribution in [-0.4, -0.2) is 66.0 Å². The van der Waals surface area contributed by atoms with Gasteiger partial charge in [-0.3, -0.25) is 14.4 Å². The number of aromatic nitrogens is 1. The number of carbonyl (C=O) groups excluding carboxylic acids is 3. The summed E-state index contributed by atoms with van der Waals surface area (Å²) in [6, 6.07) is 20.1. The quantitative estimate of drug-likeness (QED) is 0.111. The van der Waals surface area contributed by atoms with Crippen LogP contribution in [-0.2, 0) is 17.8 Å². The summed E-state index contributed by atoms with van der Waals surface area (Å²) in [5.41, 5.74) is 12.2. The minimum atomic E-state index is -0.223. The van der Waals surface area contributed by atoms with Crippen LogP contribution in [0.2, 0.25) is 0 Å². The van der Waals surface area contributed by atoms with Gasteiger partial charge in [0.1, 0.15) is 11.5 Å². The standard InChI is InChI=1S/C37H42N6O5S/c38-28(18-30-23-49-24-40-30)20-39-15-2-1-3-16-47-32-6-4-5-29(19-32)41-36(45)26-9-7-25(8-10-26)21-43(31-12-13-31)37(46)27-11-14-33-34(17-27)48-22-35(44)42-33/h4-11,14,17,19,23-24,28,31,39H,1-3,12-13,15-16,18,20-22,38H2,(H,41,45)(H,42,44)/t28-/m0/s1. The maximum Gasteiger partial charge on any atom is 0.262 e. The summed E-state index contributed by atoms with van der Waals surface area (Å²) in [4.78, 5) is 44.3. The number of benzene rings is 3. The summed E-state index contributed by atoms with van der Waals surface area (Å²) >= 11 is 1.59. The minimum absolute atomic E-state index is 0.0645. The highest BCUT2D eigenvalue weighted by atomic mass is 32.1. The Balaban J connectivity index is 0.923. The van der Waals surface area contributed by atoms with E-state index in [9.17, 15) is 14.4 Å². The third kappa shape index (κ3) is 9.88. The molecule has 256 valence electrons. The van der Waals surface area contributed by atoms with Crippen molar-refractivity contribution in [2.75, 3.05) is 36.9 Å². The number of rotatable bonds is 17. The summed E-state index contributed by atoms with van der Waals surface area (Å²) < 4.78 is 11.4. The molecule has 11 nitrogen and oxygen atoms in total. The summed E-state index contributed by atoms with van der Waals surface area (Å²) in [6.45, 7) is 2.65. The second kappa shape index (κ2) is 16.6. The second-order valence-corrected chi connectivity index (χ2v) is 13.2. The van der Waals surface area contributed by atoms with Crippen molar-refractivity contribution in [2.45, 2.75) is 57.2 Å². The molecule has 12 heteroatoms. The molecule has 1 fully saturated rings. The van der Waals surface area contributed by atoms with Crippen molar-refractivity contribution in [1.82, 2.24) is 15.2 Å². The number of amides is 3. The summed E-state index contributed by atoms with van der Waals surface area (Å²) in [6.07, 6.45) is 5.71. The summed E-state index contributed by atoms with van der Waals surface area (Å²) in [5.74, 6) is 0.672. The Bertz CT molecular complexity index is 1730. The molecule has 1 aliphatic heterocycles. The molecule has 2 aliphatic rings. The number of fused-ring (bicyclic) bond motifs is 1. The zero-order chi connectivity index (χ0) is 34.0. The van der Waals surface area contributed by atoms with Gasteiger partial charge < -0.3 is 36.1 Å². The molecular weight excluding hydrogens is 641 g/mol. The SMILES string of the molecule is N[C@H](CNCCCCCOc1cccc(NC(=O)c2ccc(CN(C(=O)c3ccc4c(c3)OCC(=O)N4)C3CC3)cc2)c1)Cc1cscn1. The molecule has 6 rings (SSSR count). The van der Waals surface area contributed by atoms with Gasteiger partial charge >= 0.3 is 0 Å². The third-order valence-corrected chi connectivity index (χ3v) is 9.03. The molecule has 2 heterocycles. The lowest BCUT2D eigenvalue weighted by Crippen LogP contribution is -2.36. The summed E-state index contributed by atoms with van der Waals surface area (Å²) in [7, 11) is 0. The summed E-state index contributed by atoms with van der Waals surface area (Å²) in [5, 5.41) is 11.2. The predicted octanol–water partition coefficient (Wildman–Crippen LogP) is 5.24. The largest absolute Gasteiger partial charge is 0.494 e. The van der Waals surface area contributed by atoms with Gasteiger partial charge in [-0.15, -0.1) is 11.3 Å². The van der Waals surface area contributed by atoms with Crippen LogP contribution < -0.4 is 31.2 Å². The lowest BCUT2D eigenvalue weighted by Gasteiger charge is -2.24. The molecule has 1 atom stereocenters. The lowest BCUT2D eigenvalue weighted by atomic mass is 10.1. The van der Waals surface area contributed by atoms with Crippen LogP contribution in [0.15, 0.2) is 77.6 Å². The van der Waals surface area contributed by atoms with Crippen LogP contribution in [0.4, 0.5) is 11.4 Å². The van der Waals surface area contributed by atoms with E-state index < -0.39 is 0 Å². The van der Waals surface area contributed by atoms with E-state index in [1.54, 1.807) is 41.7 Å². The van der Waals surface area contributed by atoms with E-state index in [1.165, 1.54) is 0 Å². The molecule has 49 heavy (non-hydrogen) atoms. The van der Waals surface area contributed by atoms with Crippen molar-refractivity contribution < 1.29 is 23.9 Å². The zero-order valence-corrected chi connectivity index (χ0v) is 28.2. The first-order valence-corrected chi connectivity index (χ1v) is 17.7. The number of hydrogen-bond donors (Lipinski definition) is 4. The topological polar surface area (TPSA) is 148 Å². The molecule has 0 unspecified atom stereocenters. The number of thiazole rings is 1. The van der Waals surface area contributed by atoms with Gasteiger partial charge in [0.2, 0.25) is 0 Å². The van der Waals surface area contributed by atoms with Crippen LogP contribution in [0.25, 0.3) is 0 Å². The molecular formula is C37H42N6O5S. The van der Waals surface area contributed by atoms with Crippen molar-refractivity contribution in [2.24, 2.45) is 5.73 Å². The maximum atomic E-state index is 13.5. The van der Waals surface area contributed by atoms with Crippen molar-refractivity contribution >= 4 is 40.4 Å². The van der Waals surface area contributed by atoms with Gasteiger partial charge in [0.25, 0.3) is 17.7 Å². The molecule has 0 spiro atoms. The monoisotopic (exact) mass is 682 g/mol. The molecule has 5 N–H and O–H groups in total. The fraction of sp³-hybridized carbons (Fsp3) is 0.351. The fourth-order valence-electron chi connectivity index (χ4n) is 5.64. The highest BCUT2D eigenvalue weighted by Crippen LogP contribution is 2.33. The Morgan fingerprint density at radius 1 is 1.06 bits per heavy atom. The van der Waals surface area contributed by atoms with E-state index in [2.05, 4.69) is 20.9 Å². The van der Waals surface area contributed by atoms with Crippen LogP contribution in [0.1, 0.15) is 64.1 Å². The molecule has 1 aliphatic carbocycles. The number of nitrogens with one attached hydrogen (secondary N) is 3. The highest BCUT2D eigenvalue weighted by molar-refractivity contribution is 7.07. The van der Waals surface area contributed by atoms with Crippen molar-refractivity contribution in [3.8, 4) is 11.5 Å². The van der Waals surface area contributed by atoms with E-state index in [0.717, 1.165) is 62.9 Å². The van der Waals surface area contributed by atoms with E-state index in [-0.39, 0.29) is 36.4 Å². The number of nitrogens with zero attached hydrogens (tertiary/aromatic N) is 2. The van der Waals surface area contributed by atoms with E-state index >= 15 is 0 Å². The maximum absolute atomic E-state index is 13.5. The van der Waals surface area contributed by atoms with Gasteiger partial charge in [0.15, 0.2) is 6.61 Å². The van der Waals surface area contributed by atoms with Gasteiger partial charge in [-0.1, -0.05) is 18.2 Å². The van der Waals surface area contributed by atoms with E-state index in [4.69, 9.17) is 15.2 Å². The Morgan fingerprint density at radius 2 is 1.90 bits per heavy atom. The van der Waals surface area contributed by atoms with Crippen LogP contribution in [0, 0.1) is 0 Å². The first-order chi connectivity index (χ1) is 23.9. The van der Waals surface area contributed by atoms with Crippen molar-refractivity contribution in [3.63, 3.8) is 0 Å². The Hall–Kier alpha value is -4.78. The molecule has 1 saturated carbocycles. The fourth-order valence-corrected chi connectivity index (χ4v) is 6.21. The number of nitrogens with two attached hydrogens (primary N) is 1. The van der Waals surface area contributed by atoms with Gasteiger partial charge in [-0.25, -0.2) is 4.98 Å². The van der Waals surface area contributed by atoms with Crippen LogP contribution in [0.5, 0.6) is 11.5 Å². The molecule has 0 saturated heterocycles. The predicted molar refractivity (Wildman–Crippen MR) is 190 cm³/mol. The number of anilines is 2. The first-order valence-electron chi connectivity index (χ1n) is 16.8. The van der Waals surface area contributed by atoms with Gasteiger partial charge in [-0.05, 0) is 86.7 Å². The average molecular weight is 683 g/mol. The minimum Gasteiger partial charge on any atom is -0.494 e. The molecule has 3 amide bonds. The molecule has 0 radical (unpaired) electrons. The number of unbranched alkanes of at least 4 members (excludes halogenated alkanes) is 2.